The third kappa shape index (κ3) is 2.40. The summed E-state index contributed by atoms with van der Waals surface area (Å²) in [5, 5.41) is 12.6. The van der Waals surface area contributed by atoms with Crippen molar-refractivity contribution < 1.29 is 0 Å². The lowest BCUT2D eigenvalue weighted by Crippen LogP contribution is -2.46. The molecule has 1 saturated carbocycles. The summed E-state index contributed by atoms with van der Waals surface area (Å²) in [7, 11) is 1.90. The van der Waals surface area contributed by atoms with Crippen molar-refractivity contribution in [3.8, 4) is 6.07 Å². The van der Waals surface area contributed by atoms with E-state index in [0.717, 1.165) is 5.75 Å². The van der Waals surface area contributed by atoms with Gasteiger partial charge in [-0.05, 0) is 37.9 Å². The van der Waals surface area contributed by atoms with Gasteiger partial charge in [-0.1, -0.05) is 18.2 Å². The van der Waals surface area contributed by atoms with Crippen LogP contribution in [0.15, 0.2) is 35.2 Å². The molecule has 2 nitrogen and oxygen atoms in total. The molecule has 0 aliphatic heterocycles. The maximum absolute atomic E-state index is 9.34. The van der Waals surface area contributed by atoms with E-state index in [2.05, 4.69) is 23.5 Å². The highest BCUT2D eigenvalue weighted by atomic mass is 32.2. The Bertz CT molecular complexity index is 381. The lowest BCUT2D eigenvalue weighted by molar-refractivity contribution is 0.441. The zero-order valence-corrected chi connectivity index (χ0v) is 10.3. The Balaban J connectivity index is 2.00. The van der Waals surface area contributed by atoms with Gasteiger partial charge in [-0.3, -0.25) is 0 Å². The van der Waals surface area contributed by atoms with Gasteiger partial charge in [0.15, 0.2) is 0 Å². The van der Waals surface area contributed by atoms with Gasteiger partial charge in [0.25, 0.3) is 0 Å². The van der Waals surface area contributed by atoms with E-state index in [0.29, 0.717) is 5.92 Å². The van der Waals surface area contributed by atoms with Crippen molar-refractivity contribution in [2.75, 3.05) is 12.8 Å². The fourth-order valence-electron chi connectivity index (χ4n) is 1.86. The highest BCUT2D eigenvalue weighted by Crippen LogP contribution is 2.41. The average Bonchev–Trinajstić information content (AvgIpc) is 3.17. The monoisotopic (exact) mass is 232 g/mol. The Labute approximate surface area is 101 Å². The molecule has 0 bridgehead atoms. The molecule has 3 heteroatoms. The Morgan fingerprint density at radius 1 is 1.44 bits per heavy atom. The van der Waals surface area contributed by atoms with Crippen molar-refractivity contribution in [1.82, 2.24) is 5.32 Å². The van der Waals surface area contributed by atoms with E-state index in [9.17, 15) is 5.26 Å². The van der Waals surface area contributed by atoms with Crippen LogP contribution in [0, 0.1) is 17.2 Å². The summed E-state index contributed by atoms with van der Waals surface area (Å²) in [6.07, 6.45) is 2.37. The van der Waals surface area contributed by atoms with Crippen molar-refractivity contribution in [3.05, 3.63) is 30.3 Å². The van der Waals surface area contributed by atoms with Gasteiger partial charge in [-0.2, -0.15) is 5.26 Å². The summed E-state index contributed by atoms with van der Waals surface area (Å²) in [5.74, 6) is 1.37. The minimum absolute atomic E-state index is 0.333. The van der Waals surface area contributed by atoms with Gasteiger partial charge in [0.1, 0.15) is 5.54 Å². The van der Waals surface area contributed by atoms with Crippen LogP contribution >= 0.6 is 11.8 Å². The molecule has 1 aliphatic carbocycles. The largest absolute Gasteiger partial charge is 0.302 e. The zero-order chi connectivity index (χ0) is 11.4. The van der Waals surface area contributed by atoms with Crippen molar-refractivity contribution in [2.24, 2.45) is 5.92 Å². The molecule has 0 aromatic heterocycles. The summed E-state index contributed by atoms with van der Waals surface area (Å²) in [6, 6.07) is 12.7. The van der Waals surface area contributed by atoms with Crippen LogP contribution in [-0.2, 0) is 0 Å². The number of benzene rings is 1. The normalized spacial score (nSPS) is 18.8. The maximum Gasteiger partial charge on any atom is 0.118 e. The van der Waals surface area contributed by atoms with E-state index >= 15 is 0 Å². The topological polar surface area (TPSA) is 35.8 Å². The number of hydrogen-bond acceptors (Lipinski definition) is 3. The summed E-state index contributed by atoms with van der Waals surface area (Å²) in [5.41, 5.74) is -0.333. The molecular formula is C13H16N2S. The fourth-order valence-corrected chi connectivity index (χ4v) is 3.05. The molecule has 16 heavy (non-hydrogen) atoms. The summed E-state index contributed by atoms with van der Waals surface area (Å²) in [6.45, 7) is 0. The van der Waals surface area contributed by atoms with Crippen molar-refractivity contribution in [3.63, 3.8) is 0 Å². The average molecular weight is 232 g/mol. The molecule has 0 amide bonds. The van der Waals surface area contributed by atoms with Crippen LogP contribution in [0.3, 0.4) is 0 Å². The first-order chi connectivity index (χ1) is 7.80. The number of nitrogens with zero attached hydrogens (tertiary/aromatic N) is 1. The zero-order valence-electron chi connectivity index (χ0n) is 9.44. The minimum atomic E-state index is -0.333. The van der Waals surface area contributed by atoms with Gasteiger partial charge in [-0.25, -0.2) is 0 Å². The SMILES string of the molecule is CNC(C#N)(CSc1ccccc1)C1CC1. The lowest BCUT2D eigenvalue weighted by Gasteiger charge is -2.25. The van der Waals surface area contributed by atoms with E-state index in [-0.39, 0.29) is 5.54 Å². The summed E-state index contributed by atoms with van der Waals surface area (Å²) >= 11 is 1.76. The molecule has 1 unspecified atom stereocenters. The predicted octanol–water partition coefficient (Wildman–Crippen LogP) is 2.67. The third-order valence-electron chi connectivity index (χ3n) is 3.13. The Hall–Kier alpha value is -0.980. The molecule has 1 aromatic carbocycles. The molecule has 1 atom stereocenters. The quantitative estimate of drug-likeness (QED) is 0.793. The second kappa shape index (κ2) is 4.90. The maximum atomic E-state index is 9.34. The second-order valence-electron chi connectivity index (χ2n) is 4.21. The summed E-state index contributed by atoms with van der Waals surface area (Å²) < 4.78 is 0. The van der Waals surface area contributed by atoms with Crippen LogP contribution in [-0.4, -0.2) is 18.3 Å². The third-order valence-corrected chi connectivity index (χ3v) is 4.33. The van der Waals surface area contributed by atoms with Crippen LogP contribution in [0.1, 0.15) is 12.8 Å². The van der Waals surface area contributed by atoms with Gasteiger partial charge < -0.3 is 5.32 Å². The smallest absolute Gasteiger partial charge is 0.118 e. The lowest BCUT2D eigenvalue weighted by atomic mass is 9.98. The van der Waals surface area contributed by atoms with Crippen LogP contribution in [0.2, 0.25) is 0 Å². The number of nitriles is 1. The predicted molar refractivity (Wildman–Crippen MR) is 67.3 cm³/mol. The molecule has 0 saturated heterocycles. The Morgan fingerprint density at radius 2 is 2.12 bits per heavy atom. The van der Waals surface area contributed by atoms with E-state index in [1.165, 1.54) is 17.7 Å². The highest BCUT2D eigenvalue weighted by Gasteiger charge is 2.44. The number of thioether (sulfide) groups is 1. The molecule has 1 fully saturated rings. The van der Waals surface area contributed by atoms with E-state index in [1.807, 2.05) is 25.2 Å². The van der Waals surface area contributed by atoms with Crippen LogP contribution in [0.25, 0.3) is 0 Å². The summed E-state index contributed by atoms with van der Waals surface area (Å²) in [4.78, 5) is 1.23. The highest BCUT2D eigenvalue weighted by molar-refractivity contribution is 7.99. The molecule has 84 valence electrons. The Morgan fingerprint density at radius 3 is 2.62 bits per heavy atom. The molecule has 1 aromatic rings. The van der Waals surface area contributed by atoms with Crippen molar-refractivity contribution in [1.29, 1.82) is 5.26 Å². The van der Waals surface area contributed by atoms with E-state index in [4.69, 9.17) is 0 Å². The molecule has 1 aliphatic rings. The van der Waals surface area contributed by atoms with Crippen LogP contribution < -0.4 is 5.32 Å². The van der Waals surface area contributed by atoms with Gasteiger partial charge >= 0.3 is 0 Å². The minimum Gasteiger partial charge on any atom is -0.302 e. The van der Waals surface area contributed by atoms with Gasteiger partial charge in [0, 0.05) is 10.6 Å². The first kappa shape index (κ1) is 11.5. The van der Waals surface area contributed by atoms with Crippen LogP contribution in [0.5, 0.6) is 0 Å². The van der Waals surface area contributed by atoms with Gasteiger partial charge in [0.2, 0.25) is 0 Å². The van der Waals surface area contributed by atoms with Crippen molar-refractivity contribution in [2.45, 2.75) is 23.3 Å². The number of nitrogens with one attached hydrogen (secondary N) is 1. The molecular weight excluding hydrogens is 216 g/mol. The molecule has 0 heterocycles. The molecule has 2 rings (SSSR count). The van der Waals surface area contributed by atoms with Gasteiger partial charge in [0.05, 0.1) is 6.07 Å². The molecule has 0 spiro atoms. The Kier molecular flexibility index (Phi) is 3.52. The van der Waals surface area contributed by atoms with Crippen molar-refractivity contribution >= 4 is 11.8 Å². The van der Waals surface area contributed by atoms with Gasteiger partial charge in [-0.15, -0.1) is 11.8 Å². The standard InChI is InChI=1S/C13H16N2S/c1-15-13(9-14,11-7-8-11)10-16-12-5-3-2-4-6-12/h2-6,11,15H,7-8,10H2,1H3. The van der Waals surface area contributed by atoms with E-state index in [1.54, 1.807) is 11.8 Å². The first-order valence-corrected chi connectivity index (χ1v) is 6.57. The molecule has 0 radical (unpaired) electrons. The number of hydrogen-bond donors (Lipinski definition) is 1. The first-order valence-electron chi connectivity index (χ1n) is 5.59. The fraction of sp³-hybridized carbons (Fsp3) is 0.462. The second-order valence-corrected chi connectivity index (χ2v) is 5.26. The van der Waals surface area contributed by atoms with E-state index < -0.39 is 0 Å². The number of rotatable bonds is 5. The van der Waals surface area contributed by atoms with Crippen LogP contribution in [0.4, 0.5) is 0 Å². The molecule has 1 N–H and O–H groups in total.